The number of hydrogen-bond donors (Lipinski definition) is 4. The lowest BCUT2D eigenvalue weighted by atomic mass is 10.0. The summed E-state index contributed by atoms with van der Waals surface area (Å²) in [6.07, 6.45) is -2.96. The van der Waals surface area contributed by atoms with Gasteiger partial charge in [-0.15, -0.1) is 0 Å². The first-order chi connectivity index (χ1) is 10.6. The maximum absolute atomic E-state index is 11.8. The number of ether oxygens (including phenoxy) is 1. The number of carbonyl (C=O) groups is 1. The number of rotatable bonds is 6. The lowest BCUT2D eigenvalue weighted by Crippen LogP contribution is -2.48. The molecule has 1 aliphatic heterocycles. The molecule has 0 bridgehead atoms. The summed E-state index contributed by atoms with van der Waals surface area (Å²) in [6, 6.07) is 8.94. The molecule has 0 spiro atoms. The molecular formula is C14H19NO5S2. The SMILES string of the molecule is O=C(NSSCCC1CC(O)C(O)C(O)O1)c1ccccc1. The van der Waals surface area contributed by atoms with Gasteiger partial charge in [-0.3, -0.25) is 9.52 Å². The van der Waals surface area contributed by atoms with Crippen molar-refractivity contribution in [2.45, 2.75) is 37.4 Å². The fourth-order valence-electron chi connectivity index (χ4n) is 2.05. The molecule has 1 aliphatic rings. The molecule has 1 amide bonds. The van der Waals surface area contributed by atoms with Gasteiger partial charge in [-0.05, 0) is 18.6 Å². The number of carbonyl (C=O) groups excluding carboxylic acids is 1. The number of aliphatic hydroxyl groups is 3. The second-order valence-corrected chi connectivity index (χ2v) is 7.16. The van der Waals surface area contributed by atoms with E-state index in [1.807, 2.05) is 6.07 Å². The molecule has 22 heavy (non-hydrogen) atoms. The van der Waals surface area contributed by atoms with Gasteiger partial charge in [-0.2, -0.15) is 0 Å². The first kappa shape index (κ1) is 17.6. The van der Waals surface area contributed by atoms with Crippen LogP contribution in [0.5, 0.6) is 0 Å². The highest BCUT2D eigenvalue weighted by Crippen LogP contribution is 2.25. The minimum absolute atomic E-state index is 0.152. The molecule has 1 aromatic carbocycles. The number of nitrogens with one attached hydrogen (secondary N) is 1. The smallest absolute Gasteiger partial charge is 0.261 e. The molecule has 4 unspecified atom stereocenters. The van der Waals surface area contributed by atoms with Gasteiger partial charge in [0.15, 0.2) is 6.29 Å². The van der Waals surface area contributed by atoms with Gasteiger partial charge in [-0.1, -0.05) is 29.0 Å². The van der Waals surface area contributed by atoms with Gasteiger partial charge in [-0.25, -0.2) is 0 Å². The molecule has 0 aliphatic carbocycles. The van der Waals surface area contributed by atoms with Crippen molar-refractivity contribution in [3.63, 3.8) is 0 Å². The molecule has 1 aromatic rings. The van der Waals surface area contributed by atoms with Crippen molar-refractivity contribution in [3.05, 3.63) is 35.9 Å². The maximum Gasteiger partial charge on any atom is 0.261 e. The second kappa shape index (κ2) is 8.76. The third kappa shape index (κ3) is 5.15. The van der Waals surface area contributed by atoms with Crippen molar-refractivity contribution in [1.82, 2.24) is 4.72 Å². The molecule has 6 nitrogen and oxygen atoms in total. The van der Waals surface area contributed by atoms with E-state index in [1.54, 1.807) is 24.3 Å². The van der Waals surface area contributed by atoms with E-state index in [-0.39, 0.29) is 12.0 Å². The van der Waals surface area contributed by atoms with Crippen molar-refractivity contribution in [2.24, 2.45) is 0 Å². The highest BCUT2D eigenvalue weighted by molar-refractivity contribution is 8.76. The first-order valence-corrected chi connectivity index (χ1v) is 9.23. The summed E-state index contributed by atoms with van der Waals surface area (Å²) in [5.74, 6) is 0.529. The summed E-state index contributed by atoms with van der Waals surface area (Å²) in [4.78, 5) is 11.8. The van der Waals surface area contributed by atoms with Crippen LogP contribution in [-0.4, -0.2) is 51.6 Å². The number of aliphatic hydroxyl groups excluding tert-OH is 3. The van der Waals surface area contributed by atoms with E-state index in [9.17, 15) is 20.1 Å². The highest BCUT2D eigenvalue weighted by atomic mass is 33.1. The lowest BCUT2D eigenvalue weighted by Gasteiger charge is -2.34. The van der Waals surface area contributed by atoms with Crippen LogP contribution in [0.25, 0.3) is 0 Å². The van der Waals surface area contributed by atoms with Crippen LogP contribution < -0.4 is 4.72 Å². The fraction of sp³-hybridized carbons (Fsp3) is 0.500. The number of amides is 1. The van der Waals surface area contributed by atoms with Gasteiger partial charge < -0.3 is 20.1 Å². The average Bonchev–Trinajstić information content (AvgIpc) is 2.52. The van der Waals surface area contributed by atoms with Gasteiger partial charge >= 0.3 is 0 Å². The van der Waals surface area contributed by atoms with E-state index in [1.165, 1.54) is 21.8 Å². The Balaban J connectivity index is 1.61. The van der Waals surface area contributed by atoms with Crippen LogP contribution in [0.3, 0.4) is 0 Å². The van der Waals surface area contributed by atoms with Gasteiger partial charge in [0.05, 0.1) is 12.2 Å². The molecular weight excluding hydrogens is 326 g/mol. The molecule has 2 rings (SSSR count). The zero-order valence-electron chi connectivity index (χ0n) is 11.8. The van der Waals surface area contributed by atoms with Crippen LogP contribution in [0.2, 0.25) is 0 Å². The Morgan fingerprint density at radius 3 is 2.68 bits per heavy atom. The van der Waals surface area contributed by atoms with E-state index in [4.69, 9.17) is 4.74 Å². The van der Waals surface area contributed by atoms with E-state index in [2.05, 4.69) is 4.72 Å². The standard InChI is InChI=1S/C14H19NO5S2/c16-11-8-10(20-14(19)12(11)17)6-7-21-22-15-13(18)9-4-2-1-3-5-9/h1-5,10-12,14,16-17,19H,6-8H2,(H,15,18). The van der Waals surface area contributed by atoms with E-state index in [0.717, 1.165) is 0 Å². The van der Waals surface area contributed by atoms with Gasteiger partial charge in [0, 0.05) is 28.7 Å². The Morgan fingerprint density at radius 2 is 2.00 bits per heavy atom. The third-order valence-corrected chi connectivity index (χ3v) is 5.17. The number of benzene rings is 1. The molecule has 122 valence electrons. The summed E-state index contributed by atoms with van der Waals surface area (Å²) >= 11 is 0. The Bertz CT molecular complexity index is 464. The predicted molar refractivity (Wildman–Crippen MR) is 86.1 cm³/mol. The molecule has 1 heterocycles. The van der Waals surface area contributed by atoms with Crippen molar-refractivity contribution >= 4 is 27.7 Å². The zero-order chi connectivity index (χ0) is 15.9. The molecule has 4 atom stereocenters. The molecule has 0 radical (unpaired) electrons. The van der Waals surface area contributed by atoms with Gasteiger partial charge in [0.1, 0.15) is 6.10 Å². The van der Waals surface area contributed by atoms with Crippen molar-refractivity contribution in [2.75, 3.05) is 5.75 Å². The molecule has 0 aromatic heterocycles. The van der Waals surface area contributed by atoms with Crippen LogP contribution in [0, 0.1) is 0 Å². The summed E-state index contributed by atoms with van der Waals surface area (Å²) in [5, 5.41) is 28.3. The number of hydrogen-bond acceptors (Lipinski definition) is 7. The van der Waals surface area contributed by atoms with Crippen LogP contribution in [0.4, 0.5) is 0 Å². The Labute approximate surface area is 136 Å². The second-order valence-electron chi connectivity index (χ2n) is 4.93. The topological polar surface area (TPSA) is 99.0 Å². The summed E-state index contributed by atoms with van der Waals surface area (Å²) in [6.45, 7) is 0. The van der Waals surface area contributed by atoms with Crippen LogP contribution >= 0.6 is 21.8 Å². The van der Waals surface area contributed by atoms with Crippen molar-refractivity contribution in [3.8, 4) is 0 Å². The van der Waals surface area contributed by atoms with E-state index in [0.29, 0.717) is 24.2 Å². The minimum atomic E-state index is -1.34. The third-order valence-electron chi connectivity index (χ3n) is 3.28. The van der Waals surface area contributed by atoms with Gasteiger partial charge in [0.25, 0.3) is 5.91 Å². The Morgan fingerprint density at radius 1 is 1.27 bits per heavy atom. The summed E-state index contributed by atoms with van der Waals surface area (Å²) < 4.78 is 7.92. The van der Waals surface area contributed by atoms with Gasteiger partial charge in [0.2, 0.25) is 0 Å². The zero-order valence-corrected chi connectivity index (χ0v) is 13.4. The lowest BCUT2D eigenvalue weighted by molar-refractivity contribution is -0.246. The van der Waals surface area contributed by atoms with Crippen molar-refractivity contribution in [1.29, 1.82) is 0 Å². The normalized spacial score (nSPS) is 28.3. The van der Waals surface area contributed by atoms with E-state index < -0.39 is 18.5 Å². The summed E-state index contributed by atoms with van der Waals surface area (Å²) in [7, 11) is 2.69. The van der Waals surface area contributed by atoms with Crippen LogP contribution in [0.1, 0.15) is 23.2 Å². The van der Waals surface area contributed by atoms with Crippen molar-refractivity contribution < 1.29 is 24.9 Å². The average molecular weight is 345 g/mol. The summed E-state index contributed by atoms with van der Waals surface area (Å²) in [5.41, 5.74) is 0.603. The fourth-order valence-corrected chi connectivity index (χ4v) is 3.69. The van der Waals surface area contributed by atoms with Crippen LogP contribution in [-0.2, 0) is 4.74 Å². The Hall–Kier alpha value is -0.770. The quantitative estimate of drug-likeness (QED) is 0.346. The molecule has 4 N–H and O–H groups in total. The predicted octanol–water partition coefficient (Wildman–Crippen LogP) is 0.932. The first-order valence-electron chi connectivity index (χ1n) is 6.91. The maximum atomic E-state index is 11.8. The molecule has 0 saturated carbocycles. The monoisotopic (exact) mass is 345 g/mol. The molecule has 1 fully saturated rings. The van der Waals surface area contributed by atoms with Crippen LogP contribution in [0.15, 0.2) is 30.3 Å². The minimum Gasteiger partial charge on any atom is -0.390 e. The Kier molecular flexibility index (Phi) is 7.00. The molecule has 1 saturated heterocycles. The van der Waals surface area contributed by atoms with E-state index >= 15 is 0 Å². The highest BCUT2D eigenvalue weighted by Gasteiger charge is 2.35. The largest absolute Gasteiger partial charge is 0.390 e. The molecule has 8 heteroatoms.